The minimum atomic E-state index is 0.277. The molecule has 0 aliphatic carbocycles. The van der Waals surface area contributed by atoms with Gasteiger partial charge in [-0.15, -0.1) is 0 Å². The van der Waals surface area contributed by atoms with E-state index in [1.54, 1.807) is 36.4 Å². The van der Waals surface area contributed by atoms with Gasteiger partial charge >= 0.3 is 0 Å². The number of phenolic OH excluding ortho intramolecular Hbond substituents is 1. The van der Waals surface area contributed by atoms with Gasteiger partial charge in [0, 0.05) is 5.69 Å². The van der Waals surface area contributed by atoms with Gasteiger partial charge < -0.3 is 10.8 Å². The molecule has 18 heavy (non-hydrogen) atoms. The van der Waals surface area contributed by atoms with Gasteiger partial charge in [0.15, 0.2) is 0 Å². The second kappa shape index (κ2) is 4.87. The van der Waals surface area contributed by atoms with Crippen LogP contribution in [0.25, 0.3) is 0 Å². The van der Waals surface area contributed by atoms with Crippen molar-refractivity contribution in [2.45, 2.75) is 13.8 Å². The first-order valence-corrected chi connectivity index (χ1v) is 5.64. The molecular formula is C14H15N3O. The Hall–Kier alpha value is -2.36. The summed E-state index contributed by atoms with van der Waals surface area (Å²) in [5.41, 5.74) is 9.54. The van der Waals surface area contributed by atoms with Crippen molar-refractivity contribution in [3.05, 3.63) is 47.5 Å². The number of azo groups is 1. The summed E-state index contributed by atoms with van der Waals surface area (Å²) < 4.78 is 0. The molecule has 0 spiro atoms. The van der Waals surface area contributed by atoms with Crippen molar-refractivity contribution in [2.24, 2.45) is 10.2 Å². The van der Waals surface area contributed by atoms with E-state index in [0.29, 0.717) is 5.69 Å². The van der Waals surface area contributed by atoms with Crippen LogP contribution in [0.3, 0.4) is 0 Å². The number of hydrogen-bond donors (Lipinski definition) is 2. The van der Waals surface area contributed by atoms with Crippen LogP contribution in [0, 0.1) is 13.8 Å². The maximum absolute atomic E-state index is 9.55. The molecule has 0 unspecified atom stereocenters. The lowest BCUT2D eigenvalue weighted by atomic mass is 10.1. The normalized spacial score (nSPS) is 11.0. The molecule has 4 nitrogen and oxygen atoms in total. The third-order valence-electron chi connectivity index (χ3n) is 2.90. The van der Waals surface area contributed by atoms with E-state index >= 15 is 0 Å². The lowest BCUT2D eigenvalue weighted by molar-refractivity contribution is 0.470. The van der Waals surface area contributed by atoms with Gasteiger partial charge in [-0.25, -0.2) is 0 Å². The fraction of sp³-hybridized carbons (Fsp3) is 0.143. The lowest BCUT2D eigenvalue weighted by Gasteiger charge is -2.05. The molecule has 0 heterocycles. The molecule has 0 radical (unpaired) electrons. The topological polar surface area (TPSA) is 71.0 Å². The summed E-state index contributed by atoms with van der Waals surface area (Å²) in [5.74, 6) is 0.277. The number of anilines is 1. The number of nitrogen functional groups attached to an aromatic ring is 1. The number of aromatic hydroxyl groups is 1. The number of rotatable bonds is 2. The van der Waals surface area contributed by atoms with Crippen LogP contribution in [0.2, 0.25) is 0 Å². The average molecular weight is 241 g/mol. The standard InChI is InChI=1S/C14H15N3O/c1-9-10(2)14(18)8-7-13(9)17-16-12-5-3-11(15)4-6-12/h3-8,18H,15H2,1-2H3. The van der Waals surface area contributed by atoms with E-state index in [2.05, 4.69) is 10.2 Å². The van der Waals surface area contributed by atoms with Crippen LogP contribution in [-0.4, -0.2) is 5.11 Å². The third-order valence-corrected chi connectivity index (χ3v) is 2.90. The minimum Gasteiger partial charge on any atom is -0.508 e. The summed E-state index contributed by atoms with van der Waals surface area (Å²) in [6.07, 6.45) is 0. The van der Waals surface area contributed by atoms with Gasteiger partial charge in [0.25, 0.3) is 0 Å². The number of benzene rings is 2. The van der Waals surface area contributed by atoms with Gasteiger partial charge in [-0.3, -0.25) is 0 Å². The van der Waals surface area contributed by atoms with E-state index in [4.69, 9.17) is 5.73 Å². The van der Waals surface area contributed by atoms with E-state index in [-0.39, 0.29) is 5.75 Å². The van der Waals surface area contributed by atoms with E-state index in [9.17, 15) is 5.11 Å². The molecule has 0 saturated carbocycles. The highest BCUT2D eigenvalue weighted by Crippen LogP contribution is 2.29. The fourth-order valence-electron chi connectivity index (χ4n) is 1.55. The van der Waals surface area contributed by atoms with E-state index < -0.39 is 0 Å². The molecule has 0 bridgehead atoms. The third kappa shape index (κ3) is 2.48. The second-order valence-corrected chi connectivity index (χ2v) is 4.15. The molecule has 0 fully saturated rings. The van der Waals surface area contributed by atoms with Crippen molar-refractivity contribution in [1.29, 1.82) is 0 Å². The highest BCUT2D eigenvalue weighted by Gasteiger charge is 2.04. The number of phenols is 1. The number of nitrogens with two attached hydrogens (primary N) is 1. The molecule has 4 heteroatoms. The van der Waals surface area contributed by atoms with Crippen molar-refractivity contribution in [3.8, 4) is 5.75 Å². The molecule has 3 N–H and O–H groups in total. The Labute approximate surface area is 106 Å². The number of nitrogens with zero attached hydrogens (tertiary/aromatic N) is 2. The van der Waals surface area contributed by atoms with Crippen LogP contribution < -0.4 is 5.73 Å². The molecule has 0 saturated heterocycles. The van der Waals surface area contributed by atoms with Gasteiger partial charge in [0.2, 0.25) is 0 Å². The highest BCUT2D eigenvalue weighted by atomic mass is 16.3. The first kappa shape index (κ1) is 12.1. The van der Waals surface area contributed by atoms with Gasteiger partial charge in [0.05, 0.1) is 11.4 Å². The first-order chi connectivity index (χ1) is 8.58. The van der Waals surface area contributed by atoms with Crippen molar-refractivity contribution >= 4 is 17.1 Å². The van der Waals surface area contributed by atoms with Crippen molar-refractivity contribution in [2.75, 3.05) is 5.73 Å². The van der Waals surface area contributed by atoms with Crippen LogP contribution in [-0.2, 0) is 0 Å². The Bertz CT molecular complexity index is 589. The summed E-state index contributed by atoms with van der Waals surface area (Å²) in [6.45, 7) is 3.76. The fourth-order valence-corrected chi connectivity index (χ4v) is 1.55. The minimum absolute atomic E-state index is 0.277. The zero-order chi connectivity index (χ0) is 13.1. The van der Waals surface area contributed by atoms with Crippen LogP contribution >= 0.6 is 0 Å². The Balaban J connectivity index is 2.29. The molecular weight excluding hydrogens is 226 g/mol. The summed E-state index contributed by atoms with van der Waals surface area (Å²) in [6, 6.07) is 10.5. The van der Waals surface area contributed by atoms with Gasteiger partial charge in [-0.05, 0) is 61.4 Å². The maximum Gasteiger partial charge on any atom is 0.118 e. The molecule has 92 valence electrons. The van der Waals surface area contributed by atoms with Crippen LogP contribution in [0.15, 0.2) is 46.6 Å². The molecule has 0 amide bonds. The molecule has 0 aromatic heterocycles. The Morgan fingerprint density at radius 3 is 2.22 bits per heavy atom. The SMILES string of the molecule is Cc1c(O)ccc(N=Nc2ccc(N)cc2)c1C. The van der Waals surface area contributed by atoms with Crippen LogP contribution in [0.5, 0.6) is 5.75 Å². The number of hydrogen-bond acceptors (Lipinski definition) is 4. The van der Waals surface area contributed by atoms with E-state index in [1.807, 2.05) is 13.8 Å². The van der Waals surface area contributed by atoms with Gasteiger partial charge in [0.1, 0.15) is 5.75 Å². The first-order valence-electron chi connectivity index (χ1n) is 5.64. The van der Waals surface area contributed by atoms with Crippen molar-refractivity contribution < 1.29 is 5.11 Å². The molecule has 0 atom stereocenters. The second-order valence-electron chi connectivity index (χ2n) is 4.15. The zero-order valence-corrected chi connectivity index (χ0v) is 10.4. The predicted molar refractivity (Wildman–Crippen MR) is 72.6 cm³/mol. The monoisotopic (exact) mass is 241 g/mol. The largest absolute Gasteiger partial charge is 0.508 e. The quantitative estimate of drug-likeness (QED) is 0.616. The van der Waals surface area contributed by atoms with Crippen molar-refractivity contribution in [3.63, 3.8) is 0 Å². The average Bonchev–Trinajstić information content (AvgIpc) is 2.37. The molecule has 2 rings (SSSR count). The zero-order valence-electron chi connectivity index (χ0n) is 10.4. The highest BCUT2D eigenvalue weighted by molar-refractivity contribution is 5.54. The summed E-state index contributed by atoms with van der Waals surface area (Å²) in [4.78, 5) is 0. The maximum atomic E-state index is 9.55. The Morgan fingerprint density at radius 2 is 1.56 bits per heavy atom. The van der Waals surface area contributed by atoms with E-state index in [1.165, 1.54) is 0 Å². The van der Waals surface area contributed by atoms with E-state index in [0.717, 1.165) is 22.5 Å². The Morgan fingerprint density at radius 1 is 0.889 bits per heavy atom. The molecule has 2 aromatic carbocycles. The van der Waals surface area contributed by atoms with Gasteiger partial charge in [-0.1, -0.05) is 0 Å². The summed E-state index contributed by atoms with van der Waals surface area (Å²) in [5, 5.41) is 17.9. The molecule has 2 aromatic rings. The lowest BCUT2D eigenvalue weighted by Crippen LogP contribution is -1.82. The van der Waals surface area contributed by atoms with Crippen molar-refractivity contribution in [1.82, 2.24) is 0 Å². The summed E-state index contributed by atoms with van der Waals surface area (Å²) >= 11 is 0. The molecule has 0 aliphatic heterocycles. The Kier molecular flexibility index (Phi) is 3.28. The van der Waals surface area contributed by atoms with Crippen LogP contribution in [0.4, 0.5) is 17.1 Å². The summed E-state index contributed by atoms with van der Waals surface area (Å²) in [7, 11) is 0. The smallest absolute Gasteiger partial charge is 0.118 e. The van der Waals surface area contributed by atoms with Gasteiger partial charge in [-0.2, -0.15) is 10.2 Å². The molecule has 0 aliphatic rings. The van der Waals surface area contributed by atoms with Crippen LogP contribution in [0.1, 0.15) is 11.1 Å². The predicted octanol–water partition coefficient (Wildman–Crippen LogP) is 4.01.